The van der Waals surface area contributed by atoms with Gasteiger partial charge in [-0.25, -0.2) is 4.39 Å². The fourth-order valence-corrected chi connectivity index (χ4v) is 3.07. The largest absolute Gasteiger partial charge is 0.489 e. The minimum atomic E-state index is -0.406. The van der Waals surface area contributed by atoms with Crippen LogP contribution in [0, 0.1) is 5.82 Å². The highest BCUT2D eigenvalue weighted by Crippen LogP contribution is 2.49. The molecule has 19 heavy (non-hydrogen) atoms. The highest BCUT2D eigenvalue weighted by molar-refractivity contribution is 6.32. The molecule has 1 fully saturated rings. The van der Waals surface area contributed by atoms with Crippen LogP contribution >= 0.6 is 11.6 Å². The third kappa shape index (κ3) is 1.98. The van der Waals surface area contributed by atoms with Gasteiger partial charge in [0.25, 0.3) is 0 Å². The van der Waals surface area contributed by atoms with Crippen LogP contribution in [-0.2, 0) is 5.41 Å². The van der Waals surface area contributed by atoms with Crippen LogP contribution in [0.1, 0.15) is 31.2 Å². The minimum Gasteiger partial charge on any atom is -0.489 e. The number of nitrogens with two attached hydrogens (primary N) is 1. The Bertz CT molecular complexity index is 497. The molecule has 0 unspecified atom stereocenters. The van der Waals surface area contributed by atoms with Gasteiger partial charge in [-0.3, -0.25) is 0 Å². The monoisotopic (exact) mass is 285 g/mol. The standard InChI is InChI=1S/C14H17ClFNO2/c15-11-12(16)9(14(8-17)3-1-4-14)7-10-13(11)19-6-2-5-18-10/h7H,1-6,8,17H2. The molecule has 0 atom stereocenters. The summed E-state index contributed by atoms with van der Waals surface area (Å²) in [7, 11) is 0. The molecule has 1 aliphatic carbocycles. The summed E-state index contributed by atoms with van der Waals surface area (Å²) >= 11 is 6.11. The summed E-state index contributed by atoms with van der Waals surface area (Å²) in [4.78, 5) is 0. The molecule has 0 bridgehead atoms. The van der Waals surface area contributed by atoms with Gasteiger partial charge < -0.3 is 15.2 Å². The lowest BCUT2D eigenvalue weighted by Crippen LogP contribution is -2.42. The first-order valence-electron chi connectivity index (χ1n) is 6.66. The molecule has 2 aliphatic rings. The maximum absolute atomic E-state index is 14.5. The van der Waals surface area contributed by atoms with Crippen molar-refractivity contribution in [3.63, 3.8) is 0 Å². The average molecular weight is 286 g/mol. The lowest BCUT2D eigenvalue weighted by Gasteiger charge is -2.42. The zero-order valence-electron chi connectivity index (χ0n) is 10.7. The molecule has 1 aliphatic heterocycles. The molecule has 0 aromatic heterocycles. The van der Waals surface area contributed by atoms with Gasteiger partial charge in [0.2, 0.25) is 0 Å². The van der Waals surface area contributed by atoms with Crippen molar-refractivity contribution >= 4 is 11.6 Å². The summed E-state index contributed by atoms with van der Waals surface area (Å²) in [5.74, 6) is 0.460. The molecule has 0 amide bonds. The van der Waals surface area contributed by atoms with E-state index in [1.807, 2.05) is 0 Å². The number of fused-ring (bicyclic) bond motifs is 1. The summed E-state index contributed by atoms with van der Waals surface area (Å²) in [6.07, 6.45) is 3.64. The van der Waals surface area contributed by atoms with Crippen molar-refractivity contribution in [2.75, 3.05) is 19.8 Å². The average Bonchev–Trinajstić information content (AvgIpc) is 2.60. The van der Waals surface area contributed by atoms with Crippen molar-refractivity contribution in [1.82, 2.24) is 0 Å². The normalized spacial score (nSPS) is 20.6. The van der Waals surface area contributed by atoms with Crippen LogP contribution in [0.5, 0.6) is 11.5 Å². The summed E-state index contributed by atoms with van der Waals surface area (Å²) in [5, 5.41) is 0.0223. The predicted octanol–water partition coefficient (Wildman–Crippen LogP) is 3.02. The van der Waals surface area contributed by atoms with Crippen LogP contribution in [0.4, 0.5) is 4.39 Å². The van der Waals surface area contributed by atoms with Crippen LogP contribution in [0.3, 0.4) is 0 Å². The van der Waals surface area contributed by atoms with Crippen molar-refractivity contribution in [3.8, 4) is 11.5 Å². The number of hydrogen-bond donors (Lipinski definition) is 1. The summed E-state index contributed by atoms with van der Waals surface area (Å²) in [6, 6.07) is 1.73. The zero-order valence-corrected chi connectivity index (χ0v) is 11.4. The first kappa shape index (κ1) is 13.0. The smallest absolute Gasteiger partial charge is 0.182 e. The molecule has 0 radical (unpaired) electrons. The Morgan fingerprint density at radius 3 is 2.63 bits per heavy atom. The molecule has 1 aromatic rings. The van der Waals surface area contributed by atoms with Crippen molar-refractivity contribution < 1.29 is 13.9 Å². The number of halogens is 2. The maximum Gasteiger partial charge on any atom is 0.182 e. The molecule has 2 N–H and O–H groups in total. The number of rotatable bonds is 2. The Morgan fingerprint density at radius 1 is 1.26 bits per heavy atom. The van der Waals surface area contributed by atoms with Crippen molar-refractivity contribution in [2.24, 2.45) is 5.73 Å². The van der Waals surface area contributed by atoms with Crippen LogP contribution in [-0.4, -0.2) is 19.8 Å². The zero-order chi connectivity index (χ0) is 13.5. The first-order chi connectivity index (χ1) is 9.18. The van der Waals surface area contributed by atoms with E-state index < -0.39 is 5.82 Å². The van der Waals surface area contributed by atoms with Gasteiger partial charge in [0, 0.05) is 23.9 Å². The Morgan fingerprint density at radius 2 is 2.00 bits per heavy atom. The van der Waals surface area contributed by atoms with Gasteiger partial charge in [0.1, 0.15) is 10.8 Å². The Labute approximate surface area is 116 Å². The second-order valence-corrected chi connectivity index (χ2v) is 5.65. The minimum absolute atomic E-state index is 0.0223. The fourth-order valence-electron chi connectivity index (χ4n) is 2.82. The van der Waals surface area contributed by atoms with E-state index in [0.717, 1.165) is 25.7 Å². The Kier molecular flexibility index (Phi) is 3.31. The van der Waals surface area contributed by atoms with Gasteiger partial charge in [0.05, 0.1) is 13.2 Å². The molecule has 0 saturated heterocycles. The van der Waals surface area contributed by atoms with E-state index in [0.29, 0.717) is 36.8 Å². The second-order valence-electron chi connectivity index (χ2n) is 5.27. The second kappa shape index (κ2) is 4.84. The van der Waals surface area contributed by atoms with Crippen molar-refractivity contribution in [3.05, 3.63) is 22.5 Å². The van der Waals surface area contributed by atoms with E-state index in [-0.39, 0.29) is 10.4 Å². The predicted molar refractivity (Wildman–Crippen MR) is 71.6 cm³/mol. The van der Waals surface area contributed by atoms with Crippen molar-refractivity contribution in [1.29, 1.82) is 0 Å². The van der Waals surface area contributed by atoms with Gasteiger partial charge in [0.15, 0.2) is 11.5 Å². The summed E-state index contributed by atoms with van der Waals surface area (Å²) in [6.45, 7) is 1.48. The highest BCUT2D eigenvalue weighted by atomic mass is 35.5. The number of ether oxygens (including phenoxy) is 2. The Hall–Kier alpha value is -1.00. The van der Waals surface area contributed by atoms with Gasteiger partial charge in [-0.1, -0.05) is 18.0 Å². The number of benzene rings is 1. The third-order valence-electron chi connectivity index (χ3n) is 4.19. The molecular weight excluding hydrogens is 269 g/mol. The summed E-state index contributed by atoms with van der Waals surface area (Å²) in [5.41, 5.74) is 6.14. The van der Waals surface area contributed by atoms with Gasteiger partial charge in [-0.05, 0) is 18.9 Å². The van der Waals surface area contributed by atoms with Crippen LogP contribution in [0.25, 0.3) is 0 Å². The lowest BCUT2D eigenvalue weighted by molar-refractivity contribution is 0.242. The SMILES string of the molecule is NCC1(c2cc3c(c(Cl)c2F)OCCCO3)CCC1. The molecule has 3 nitrogen and oxygen atoms in total. The third-order valence-corrected chi connectivity index (χ3v) is 4.53. The van der Waals surface area contributed by atoms with Gasteiger partial charge in [-0.15, -0.1) is 0 Å². The fraction of sp³-hybridized carbons (Fsp3) is 0.571. The highest BCUT2D eigenvalue weighted by Gasteiger charge is 2.41. The van der Waals surface area contributed by atoms with Crippen LogP contribution in [0.2, 0.25) is 5.02 Å². The molecule has 5 heteroatoms. The molecular formula is C14H17ClFNO2. The lowest BCUT2D eigenvalue weighted by atomic mass is 9.64. The molecule has 3 rings (SSSR count). The Balaban J connectivity index is 2.11. The topological polar surface area (TPSA) is 44.5 Å². The van der Waals surface area contributed by atoms with E-state index >= 15 is 0 Å². The first-order valence-corrected chi connectivity index (χ1v) is 7.04. The van der Waals surface area contributed by atoms with E-state index in [1.165, 1.54) is 0 Å². The van der Waals surface area contributed by atoms with E-state index in [4.69, 9.17) is 26.8 Å². The van der Waals surface area contributed by atoms with Crippen molar-refractivity contribution in [2.45, 2.75) is 31.1 Å². The van der Waals surface area contributed by atoms with Crippen LogP contribution in [0.15, 0.2) is 6.07 Å². The molecule has 104 valence electrons. The molecule has 1 heterocycles. The molecule has 1 aromatic carbocycles. The van der Waals surface area contributed by atoms with Gasteiger partial charge in [-0.2, -0.15) is 0 Å². The van der Waals surface area contributed by atoms with Gasteiger partial charge >= 0.3 is 0 Å². The van der Waals surface area contributed by atoms with E-state index in [2.05, 4.69) is 0 Å². The van der Waals surface area contributed by atoms with Crippen LogP contribution < -0.4 is 15.2 Å². The molecule has 1 saturated carbocycles. The maximum atomic E-state index is 14.5. The summed E-state index contributed by atoms with van der Waals surface area (Å²) < 4.78 is 25.6. The molecule has 0 spiro atoms. The quantitative estimate of drug-likeness (QED) is 0.908. The van der Waals surface area contributed by atoms with E-state index in [9.17, 15) is 4.39 Å². The van der Waals surface area contributed by atoms with E-state index in [1.54, 1.807) is 6.07 Å². The number of hydrogen-bond acceptors (Lipinski definition) is 3.